The maximum atomic E-state index is 11.4. The monoisotopic (exact) mass is 192 g/mol. The fourth-order valence-electron chi connectivity index (χ4n) is 1.69. The minimum absolute atomic E-state index is 0.0787. The standard InChI is InChI=1S/C9H12N4O/c1-5-6-3-4-7(14)13(2)8(6)12-9(10)11-5/h3-4H2,1-2H3,(H2,10,11,12). The van der Waals surface area contributed by atoms with Crippen molar-refractivity contribution in [3.63, 3.8) is 0 Å². The van der Waals surface area contributed by atoms with Gasteiger partial charge in [-0.15, -0.1) is 0 Å². The first-order chi connectivity index (χ1) is 6.59. The zero-order chi connectivity index (χ0) is 10.3. The smallest absolute Gasteiger partial charge is 0.228 e. The van der Waals surface area contributed by atoms with Gasteiger partial charge in [-0.05, 0) is 13.3 Å². The average molecular weight is 192 g/mol. The molecule has 1 aliphatic rings. The molecule has 0 fully saturated rings. The number of aromatic nitrogens is 2. The van der Waals surface area contributed by atoms with Crippen molar-refractivity contribution in [1.29, 1.82) is 0 Å². The van der Waals surface area contributed by atoms with Gasteiger partial charge in [0.15, 0.2) is 0 Å². The molecule has 0 aromatic carbocycles. The molecule has 0 radical (unpaired) electrons. The fraction of sp³-hybridized carbons (Fsp3) is 0.444. The van der Waals surface area contributed by atoms with Crippen LogP contribution in [0.15, 0.2) is 0 Å². The van der Waals surface area contributed by atoms with E-state index >= 15 is 0 Å². The van der Waals surface area contributed by atoms with E-state index in [0.29, 0.717) is 18.7 Å². The quantitative estimate of drug-likeness (QED) is 0.640. The number of nitrogens with zero attached hydrogens (tertiary/aromatic N) is 3. The summed E-state index contributed by atoms with van der Waals surface area (Å²) in [6, 6.07) is 0. The van der Waals surface area contributed by atoms with Crippen LogP contribution >= 0.6 is 0 Å². The second kappa shape index (κ2) is 2.94. The van der Waals surface area contributed by atoms with E-state index in [1.54, 1.807) is 11.9 Å². The third-order valence-corrected chi connectivity index (χ3v) is 2.49. The van der Waals surface area contributed by atoms with Crippen molar-refractivity contribution in [2.45, 2.75) is 19.8 Å². The maximum Gasteiger partial charge on any atom is 0.228 e. The molecule has 1 aromatic heterocycles. The van der Waals surface area contributed by atoms with Crippen LogP contribution in [-0.4, -0.2) is 22.9 Å². The van der Waals surface area contributed by atoms with E-state index in [4.69, 9.17) is 5.73 Å². The van der Waals surface area contributed by atoms with E-state index in [0.717, 1.165) is 11.3 Å². The van der Waals surface area contributed by atoms with E-state index in [1.165, 1.54) is 0 Å². The summed E-state index contributed by atoms with van der Waals surface area (Å²) >= 11 is 0. The number of carbonyl (C=O) groups is 1. The second-order valence-electron chi connectivity index (χ2n) is 3.42. The molecule has 0 atom stereocenters. The number of fused-ring (bicyclic) bond motifs is 1. The summed E-state index contributed by atoms with van der Waals surface area (Å²) < 4.78 is 0. The van der Waals surface area contributed by atoms with Crippen LogP contribution in [-0.2, 0) is 11.2 Å². The van der Waals surface area contributed by atoms with Gasteiger partial charge in [-0.2, -0.15) is 4.98 Å². The van der Waals surface area contributed by atoms with Crippen molar-refractivity contribution in [3.05, 3.63) is 11.3 Å². The van der Waals surface area contributed by atoms with E-state index in [-0.39, 0.29) is 11.9 Å². The van der Waals surface area contributed by atoms with Gasteiger partial charge >= 0.3 is 0 Å². The molecule has 0 spiro atoms. The summed E-state index contributed by atoms with van der Waals surface area (Å²) in [6.45, 7) is 1.89. The maximum absolute atomic E-state index is 11.4. The second-order valence-corrected chi connectivity index (χ2v) is 3.42. The molecule has 5 nitrogen and oxygen atoms in total. The Morgan fingerprint density at radius 1 is 1.36 bits per heavy atom. The number of aryl methyl sites for hydroxylation is 1. The molecule has 1 amide bonds. The minimum Gasteiger partial charge on any atom is -0.368 e. The summed E-state index contributed by atoms with van der Waals surface area (Å²) in [7, 11) is 1.71. The Hall–Kier alpha value is -1.65. The van der Waals surface area contributed by atoms with Crippen molar-refractivity contribution < 1.29 is 4.79 Å². The summed E-state index contributed by atoms with van der Waals surface area (Å²) in [6.07, 6.45) is 1.24. The highest BCUT2D eigenvalue weighted by molar-refractivity contribution is 5.95. The van der Waals surface area contributed by atoms with Gasteiger partial charge in [0.25, 0.3) is 0 Å². The van der Waals surface area contributed by atoms with Crippen LogP contribution in [0.4, 0.5) is 11.8 Å². The first kappa shape index (κ1) is 8.93. The highest BCUT2D eigenvalue weighted by Gasteiger charge is 2.24. The molecule has 0 unspecified atom stereocenters. The van der Waals surface area contributed by atoms with Crippen LogP contribution in [0, 0.1) is 6.92 Å². The predicted molar refractivity (Wildman–Crippen MR) is 52.9 cm³/mol. The zero-order valence-corrected chi connectivity index (χ0v) is 8.24. The highest BCUT2D eigenvalue weighted by Crippen LogP contribution is 2.26. The van der Waals surface area contributed by atoms with Gasteiger partial charge in [-0.1, -0.05) is 0 Å². The van der Waals surface area contributed by atoms with Gasteiger partial charge < -0.3 is 5.73 Å². The van der Waals surface area contributed by atoms with Crippen LogP contribution in [0.5, 0.6) is 0 Å². The molecule has 5 heteroatoms. The summed E-state index contributed by atoms with van der Waals surface area (Å²) in [5, 5.41) is 0. The molecule has 2 rings (SSSR count). The van der Waals surface area contributed by atoms with Crippen molar-refractivity contribution in [2.24, 2.45) is 0 Å². The lowest BCUT2D eigenvalue weighted by atomic mass is 10.0. The van der Waals surface area contributed by atoms with Crippen LogP contribution in [0.1, 0.15) is 17.7 Å². The van der Waals surface area contributed by atoms with Crippen molar-refractivity contribution >= 4 is 17.7 Å². The van der Waals surface area contributed by atoms with Gasteiger partial charge in [0.2, 0.25) is 11.9 Å². The predicted octanol–water partition coefficient (Wildman–Crippen LogP) is 0.276. The lowest BCUT2D eigenvalue weighted by Gasteiger charge is -2.25. The van der Waals surface area contributed by atoms with E-state index in [2.05, 4.69) is 9.97 Å². The Labute approximate surface area is 82.0 Å². The van der Waals surface area contributed by atoms with Gasteiger partial charge in [-0.3, -0.25) is 9.69 Å². The van der Waals surface area contributed by atoms with Crippen LogP contribution in [0.25, 0.3) is 0 Å². The Morgan fingerprint density at radius 3 is 2.79 bits per heavy atom. The van der Waals surface area contributed by atoms with Gasteiger partial charge in [-0.25, -0.2) is 4.98 Å². The van der Waals surface area contributed by atoms with Crippen molar-refractivity contribution in [1.82, 2.24) is 9.97 Å². The van der Waals surface area contributed by atoms with E-state index in [1.807, 2.05) is 6.92 Å². The molecular weight excluding hydrogens is 180 g/mol. The molecule has 2 heterocycles. The first-order valence-corrected chi connectivity index (χ1v) is 4.49. The van der Waals surface area contributed by atoms with Crippen LogP contribution in [0.3, 0.4) is 0 Å². The summed E-state index contributed by atoms with van der Waals surface area (Å²) in [5.41, 5.74) is 7.43. The third-order valence-electron chi connectivity index (χ3n) is 2.49. The number of nitrogens with two attached hydrogens (primary N) is 1. The number of nitrogen functional groups attached to an aromatic ring is 1. The van der Waals surface area contributed by atoms with Crippen LogP contribution < -0.4 is 10.6 Å². The van der Waals surface area contributed by atoms with Crippen molar-refractivity contribution in [3.8, 4) is 0 Å². The Kier molecular flexibility index (Phi) is 1.87. The Morgan fingerprint density at radius 2 is 2.07 bits per heavy atom. The van der Waals surface area contributed by atoms with Crippen LogP contribution in [0.2, 0.25) is 0 Å². The normalized spacial score (nSPS) is 15.6. The fourth-order valence-corrected chi connectivity index (χ4v) is 1.69. The minimum atomic E-state index is 0.0787. The molecule has 0 saturated heterocycles. The first-order valence-electron chi connectivity index (χ1n) is 4.49. The number of hydrogen-bond acceptors (Lipinski definition) is 4. The zero-order valence-electron chi connectivity index (χ0n) is 8.24. The summed E-state index contributed by atoms with van der Waals surface area (Å²) in [5.74, 6) is 0.962. The van der Waals surface area contributed by atoms with Gasteiger partial charge in [0, 0.05) is 24.7 Å². The third kappa shape index (κ3) is 1.21. The molecule has 14 heavy (non-hydrogen) atoms. The molecule has 2 N–H and O–H groups in total. The SMILES string of the molecule is Cc1nc(N)nc2c1CCC(=O)N2C. The van der Waals surface area contributed by atoms with Gasteiger partial charge in [0.05, 0.1) is 0 Å². The Bertz CT molecular complexity index is 402. The molecule has 0 saturated carbocycles. The summed E-state index contributed by atoms with van der Waals surface area (Å²) in [4.78, 5) is 21.1. The number of hydrogen-bond donors (Lipinski definition) is 1. The van der Waals surface area contributed by atoms with E-state index < -0.39 is 0 Å². The van der Waals surface area contributed by atoms with Gasteiger partial charge in [0.1, 0.15) is 5.82 Å². The molecule has 1 aliphatic heterocycles. The lowest BCUT2D eigenvalue weighted by Crippen LogP contribution is -2.33. The topological polar surface area (TPSA) is 72.1 Å². The molecule has 1 aromatic rings. The molecule has 0 aliphatic carbocycles. The number of amides is 1. The van der Waals surface area contributed by atoms with Crippen molar-refractivity contribution in [2.75, 3.05) is 17.7 Å². The lowest BCUT2D eigenvalue weighted by molar-refractivity contribution is -0.118. The number of rotatable bonds is 0. The average Bonchev–Trinajstić information content (AvgIpc) is 2.12. The molecular formula is C9H12N4O. The molecule has 0 bridgehead atoms. The number of carbonyl (C=O) groups excluding carboxylic acids is 1. The Balaban J connectivity index is 2.59. The highest BCUT2D eigenvalue weighted by atomic mass is 16.2. The van der Waals surface area contributed by atoms with E-state index in [9.17, 15) is 4.79 Å². The molecule has 74 valence electrons. The largest absolute Gasteiger partial charge is 0.368 e. The number of anilines is 2.